The summed E-state index contributed by atoms with van der Waals surface area (Å²) in [5.41, 5.74) is 0.540. The molecule has 6 heteroatoms. The first kappa shape index (κ1) is 15.6. The van der Waals surface area contributed by atoms with Gasteiger partial charge in [-0.2, -0.15) is 0 Å². The molecule has 1 aliphatic heterocycles. The summed E-state index contributed by atoms with van der Waals surface area (Å²) in [4.78, 5) is 38.5. The molecule has 2 bridgehead atoms. The number of para-hydroxylation sites is 1. The Morgan fingerprint density at radius 3 is 2.38 bits per heavy atom. The largest absolute Gasteiger partial charge is 0.325 e. The second-order valence-electron chi connectivity index (χ2n) is 6.99. The molecule has 1 N–H and O–H groups in total. The number of imide groups is 1. The van der Waals surface area contributed by atoms with Crippen molar-refractivity contribution in [3.63, 3.8) is 0 Å². The Morgan fingerprint density at radius 1 is 1.12 bits per heavy atom. The van der Waals surface area contributed by atoms with Gasteiger partial charge < -0.3 is 5.32 Å². The minimum absolute atomic E-state index is 0.0669. The number of likely N-dealkylation sites (tertiary alicyclic amines) is 1. The third-order valence-electron chi connectivity index (χ3n) is 5.73. The van der Waals surface area contributed by atoms with Crippen LogP contribution in [0, 0.1) is 23.7 Å². The molecule has 0 unspecified atom stereocenters. The Labute approximate surface area is 145 Å². The highest BCUT2D eigenvalue weighted by molar-refractivity contribution is 6.33. The molecular formula is C18H19ClN2O3. The number of benzene rings is 1. The number of nitrogens with zero attached hydrogens (tertiary/aromatic N) is 1. The van der Waals surface area contributed by atoms with Gasteiger partial charge in [0.1, 0.15) is 0 Å². The van der Waals surface area contributed by atoms with Crippen LogP contribution in [0.1, 0.15) is 25.7 Å². The molecule has 3 aliphatic rings. The van der Waals surface area contributed by atoms with E-state index in [0.29, 0.717) is 22.5 Å². The fourth-order valence-corrected chi connectivity index (χ4v) is 4.86. The van der Waals surface area contributed by atoms with Gasteiger partial charge in [-0.1, -0.05) is 23.7 Å². The molecule has 1 saturated heterocycles. The molecule has 3 amide bonds. The van der Waals surface area contributed by atoms with E-state index in [-0.39, 0.29) is 42.5 Å². The van der Waals surface area contributed by atoms with Crippen LogP contribution in [0.2, 0.25) is 5.02 Å². The van der Waals surface area contributed by atoms with Crippen LogP contribution in [-0.2, 0) is 14.4 Å². The van der Waals surface area contributed by atoms with Crippen molar-refractivity contribution in [1.82, 2.24) is 4.90 Å². The highest BCUT2D eigenvalue weighted by Gasteiger charge is 2.60. The first-order valence-corrected chi connectivity index (χ1v) is 8.83. The number of amides is 3. The quantitative estimate of drug-likeness (QED) is 0.852. The average Bonchev–Trinajstić information content (AvgIpc) is 3.23. The summed E-state index contributed by atoms with van der Waals surface area (Å²) < 4.78 is 0. The second-order valence-corrected chi connectivity index (χ2v) is 7.40. The normalized spacial score (nSPS) is 30.8. The molecule has 0 aromatic heterocycles. The van der Waals surface area contributed by atoms with Gasteiger partial charge in [-0.25, -0.2) is 0 Å². The van der Waals surface area contributed by atoms with Crippen LogP contribution in [0.3, 0.4) is 0 Å². The molecule has 5 nitrogen and oxygen atoms in total. The van der Waals surface area contributed by atoms with Crippen LogP contribution in [0.4, 0.5) is 5.69 Å². The molecule has 1 aromatic rings. The van der Waals surface area contributed by atoms with Crippen LogP contribution < -0.4 is 5.32 Å². The summed E-state index contributed by atoms with van der Waals surface area (Å²) in [7, 11) is 0. The fourth-order valence-electron chi connectivity index (χ4n) is 4.68. The maximum Gasteiger partial charge on any atom is 0.233 e. The number of nitrogens with one attached hydrogen (secondary N) is 1. The monoisotopic (exact) mass is 346 g/mol. The van der Waals surface area contributed by atoms with E-state index in [1.807, 2.05) is 0 Å². The number of hydrogen-bond acceptors (Lipinski definition) is 3. The minimum Gasteiger partial charge on any atom is -0.325 e. The van der Waals surface area contributed by atoms with Crippen molar-refractivity contribution in [2.75, 3.05) is 11.9 Å². The molecule has 126 valence electrons. The summed E-state index contributed by atoms with van der Waals surface area (Å²) in [5.74, 6) is 0.122. The summed E-state index contributed by atoms with van der Waals surface area (Å²) in [6, 6.07) is 6.98. The summed E-state index contributed by atoms with van der Waals surface area (Å²) >= 11 is 6.01. The molecule has 24 heavy (non-hydrogen) atoms. The summed E-state index contributed by atoms with van der Waals surface area (Å²) in [6.45, 7) is 0.153. The second kappa shape index (κ2) is 5.88. The Morgan fingerprint density at radius 2 is 1.75 bits per heavy atom. The molecule has 4 atom stereocenters. The Hall–Kier alpha value is -1.88. The zero-order valence-corrected chi connectivity index (χ0v) is 14.0. The van der Waals surface area contributed by atoms with Crippen LogP contribution >= 0.6 is 11.6 Å². The van der Waals surface area contributed by atoms with E-state index in [1.54, 1.807) is 24.3 Å². The Kier molecular flexibility index (Phi) is 3.83. The standard InChI is InChI=1S/C18H19ClN2O3/c19-12-3-1-2-4-13(12)20-14(22)7-8-21-17(23)15-10-5-6-11(9-10)16(15)18(21)24/h1-4,10-11,15-16H,5-9H2,(H,20,22)/t10-,11-,15+,16+/m1/s1. The average molecular weight is 347 g/mol. The maximum atomic E-state index is 12.6. The molecular weight excluding hydrogens is 328 g/mol. The van der Waals surface area contributed by atoms with E-state index < -0.39 is 0 Å². The Balaban J connectivity index is 1.38. The van der Waals surface area contributed by atoms with Gasteiger partial charge >= 0.3 is 0 Å². The lowest BCUT2D eigenvalue weighted by Crippen LogP contribution is -2.35. The number of rotatable bonds is 4. The van der Waals surface area contributed by atoms with Crippen LogP contribution in [0.5, 0.6) is 0 Å². The van der Waals surface area contributed by atoms with Gasteiger partial charge in [-0.15, -0.1) is 0 Å². The van der Waals surface area contributed by atoms with Gasteiger partial charge in [0.15, 0.2) is 0 Å². The van der Waals surface area contributed by atoms with E-state index in [9.17, 15) is 14.4 Å². The lowest BCUT2D eigenvalue weighted by molar-refractivity contribution is -0.140. The molecule has 1 aromatic carbocycles. The van der Waals surface area contributed by atoms with Crippen LogP contribution in [0.25, 0.3) is 0 Å². The molecule has 3 fully saturated rings. The molecule has 2 aliphatic carbocycles. The van der Waals surface area contributed by atoms with Crippen molar-refractivity contribution in [1.29, 1.82) is 0 Å². The first-order valence-electron chi connectivity index (χ1n) is 8.46. The molecule has 4 rings (SSSR count). The van der Waals surface area contributed by atoms with Crippen LogP contribution in [0.15, 0.2) is 24.3 Å². The first-order chi connectivity index (χ1) is 11.6. The molecule has 1 heterocycles. The highest BCUT2D eigenvalue weighted by Crippen LogP contribution is 2.56. The van der Waals surface area contributed by atoms with E-state index in [1.165, 1.54) is 4.90 Å². The van der Waals surface area contributed by atoms with Crippen LogP contribution in [-0.4, -0.2) is 29.2 Å². The van der Waals surface area contributed by atoms with E-state index in [2.05, 4.69) is 5.32 Å². The van der Waals surface area contributed by atoms with Gasteiger partial charge in [0.25, 0.3) is 0 Å². The van der Waals surface area contributed by atoms with Crippen molar-refractivity contribution in [2.45, 2.75) is 25.7 Å². The van der Waals surface area contributed by atoms with Gasteiger partial charge in [-0.3, -0.25) is 19.3 Å². The minimum atomic E-state index is -0.247. The zero-order chi connectivity index (χ0) is 16.8. The fraction of sp³-hybridized carbons (Fsp3) is 0.500. The Bertz CT molecular complexity index is 692. The maximum absolute atomic E-state index is 12.6. The van der Waals surface area contributed by atoms with Gasteiger partial charge in [0, 0.05) is 13.0 Å². The topological polar surface area (TPSA) is 66.5 Å². The van der Waals surface area contributed by atoms with Crippen molar-refractivity contribution in [3.8, 4) is 0 Å². The van der Waals surface area contributed by atoms with E-state index >= 15 is 0 Å². The van der Waals surface area contributed by atoms with Crippen molar-refractivity contribution < 1.29 is 14.4 Å². The molecule has 0 spiro atoms. The predicted octanol–water partition coefficient (Wildman–Crippen LogP) is 2.70. The zero-order valence-electron chi connectivity index (χ0n) is 13.2. The number of anilines is 1. The lowest BCUT2D eigenvalue weighted by atomic mass is 9.81. The van der Waals surface area contributed by atoms with Gasteiger partial charge in [0.2, 0.25) is 17.7 Å². The number of hydrogen-bond donors (Lipinski definition) is 1. The molecule has 0 radical (unpaired) electrons. The smallest absolute Gasteiger partial charge is 0.233 e. The third kappa shape index (κ3) is 2.42. The van der Waals surface area contributed by atoms with Crippen molar-refractivity contribution >= 4 is 35.0 Å². The van der Waals surface area contributed by atoms with Crippen molar-refractivity contribution in [3.05, 3.63) is 29.3 Å². The number of carbonyl (C=O) groups is 3. The summed E-state index contributed by atoms with van der Waals surface area (Å²) in [6.07, 6.45) is 3.24. The summed E-state index contributed by atoms with van der Waals surface area (Å²) in [5, 5.41) is 3.19. The number of fused-ring (bicyclic) bond motifs is 5. The highest BCUT2D eigenvalue weighted by atomic mass is 35.5. The number of carbonyl (C=O) groups excluding carboxylic acids is 3. The lowest BCUT2D eigenvalue weighted by Gasteiger charge is -2.19. The van der Waals surface area contributed by atoms with E-state index in [4.69, 9.17) is 11.6 Å². The number of halogens is 1. The van der Waals surface area contributed by atoms with Gasteiger partial charge in [-0.05, 0) is 43.2 Å². The van der Waals surface area contributed by atoms with Crippen molar-refractivity contribution in [2.24, 2.45) is 23.7 Å². The molecule has 2 saturated carbocycles. The third-order valence-corrected chi connectivity index (χ3v) is 6.06. The van der Waals surface area contributed by atoms with Gasteiger partial charge in [0.05, 0.1) is 22.5 Å². The SMILES string of the molecule is O=C(CCN1C(=O)[C@H]2[C@@H]3CC[C@H](C3)[C@@H]2C1=O)Nc1ccccc1Cl. The predicted molar refractivity (Wildman–Crippen MR) is 89.2 cm³/mol. The van der Waals surface area contributed by atoms with E-state index in [0.717, 1.165) is 19.3 Å².